The number of nitrogens with zero attached hydrogens (tertiary/aromatic N) is 1. The molecule has 2 N–H and O–H groups in total. The Morgan fingerprint density at radius 1 is 1.26 bits per heavy atom. The molecular formula is C14H15Cl3N2O4. The quantitative estimate of drug-likeness (QED) is 0.769. The number of aliphatic hydroxyl groups excluding tert-OH is 1. The van der Waals surface area contributed by atoms with Gasteiger partial charge in [0.2, 0.25) is 0 Å². The van der Waals surface area contributed by atoms with Crippen molar-refractivity contribution in [3.8, 4) is 5.75 Å². The van der Waals surface area contributed by atoms with Crippen LogP contribution in [0.2, 0.25) is 15.1 Å². The van der Waals surface area contributed by atoms with Crippen molar-refractivity contribution in [2.75, 3.05) is 13.2 Å². The third kappa shape index (κ3) is 4.01. The zero-order valence-corrected chi connectivity index (χ0v) is 14.7. The number of urea groups is 1. The highest BCUT2D eigenvalue weighted by Gasteiger charge is 2.44. The zero-order chi connectivity index (χ0) is 17.4. The molecule has 1 heterocycles. The highest BCUT2D eigenvalue weighted by atomic mass is 35.5. The first-order valence-electron chi connectivity index (χ1n) is 6.71. The van der Waals surface area contributed by atoms with Gasteiger partial charge in [0.1, 0.15) is 18.2 Å². The van der Waals surface area contributed by atoms with Crippen molar-refractivity contribution in [1.29, 1.82) is 0 Å². The lowest BCUT2D eigenvalue weighted by molar-refractivity contribution is -0.131. The molecule has 0 aliphatic carbocycles. The van der Waals surface area contributed by atoms with Crippen molar-refractivity contribution in [1.82, 2.24) is 10.2 Å². The van der Waals surface area contributed by atoms with Crippen LogP contribution >= 0.6 is 34.8 Å². The van der Waals surface area contributed by atoms with Gasteiger partial charge in [0, 0.05) is 5.02 Å². The van der Waals surface area contributed by atoms with Gasteiger partial charge in [-0.3, -0.25) is 9.69 Å². The van der Waals surface area contributed by atoms with Crippen molar-refractivity contribution >= 4 is 46.7 Å². The maximum Gasteiger partial charge on any atom is 0.325 e. The lowest BCUT2D eigenvalue weighted by Gasteiger charge is -2.20. The fraction of sp³-hybridized carbons (Fsp3) is 0.429. The SMILES string of the molecule is CC1(C)NC(=O)N(C[C@H](O)COc2c(Cl)cc(Cl)cc2Cl)C1=O. The van der Waals surface area contributed by atoms with E-state index in [-0.39, 0.29) is 28.9 Å². The fourth-order valence-electron chi connectivity index (χ4n) is 2.09. The minimum Gasteiger partial charge on any atom is -0.488 e. The molecule has 1 aliphatic heterocycles. The maximum atomic E-state index is 12.0. The predicted molar refractivity (Wildman–Crippen MR) is 87.3 cm³/mol. The van der Waals surface area contributed by atoms with Crippen LogP contribution in [-0.2, 0) is 4.79 Å². The van der Waals surface area contributed by atoms with Gasteiger partial charge in [-0.25, -0.2) is 4.79 Å². The molecule has 1 fully saturated rings. The summed E-state index contributed by atoms with van der Waals surface area (Å²) in [4.78, 5) is 24.7. The molecule has 23 heavy (non-hydrogen) atoms. The number of halogens is 3. The molecule has 0 aromatic heterocycles. The second kappa shape index (κ2) is 6.73. The van der Waals surface area contributed by atoms with Gasteiger partial charge in [-0.15, -0.1) is 0 Å². The van der Waals surface area contributed by atoms with Crippen LogP contribution in [0.3, 0.4) is 0 Å². The van der Waals surface area contributed by atoms with E-state index in [1.807, 2.05) is 0 Å². The number of ether oxygens (including phenoxy) is 1. The Labute approximate surface area is 148 Å². The van der Waals surface area contributed by atoms with Crippen LogP contribution in [-0.4, -0.2) is 46.7 Å². The number of rotatable bonds is 5. The average molecular weight is 382 g/mol. The van der Waals surface area contributed by atoms with Crippen molar-refractivity contribution in [2.45, 2.75) is 25.5 Å². The third-order valence-corrected chi connectivity index (χ3v) is 4.00. The molecule has 0 spiro atoms. The second-order valence-electron chi connectivity index (χ2n) is 5.63. The minimum absolute atomic E-state index is 0.175. The van der Waals surface area contributed by atoms with E-state index in [2.05, 4.69) is 5.32 Å². The van der Waals surface area contributed by atoms with E-state index in [1.165, 1.54) is 12.1 Å². The number of nitrogens with one attached hydrogen (secondary N) is 1. The topological polar surface area (TPSA) is 78.9 Å². The smallest absolute Gasteiger partial charge is 0.325 e. The number of hydrogen-bond acceptors (Lipinski definition) is 4. The first-order chi connectivity index (χ1) is 10.6. The Morgan fingerprint density at radius 3 is 2.30 bits per heavy atom. The number of aliphatic hydroxyl groups is 1. The van der Waals surface area contributed by atoms with Gasteiger partial charge in [-0.2, -0.15) is 0 Å². The Hall–Kier alpha value is -1.21. The minimum atomic E-state index is -1.10. The number of benzene rings is 1. The Kier molecular flexibility index (Phi) is 5.30. The fourth-order valence-corrected chi connectivity index (χ4v) is 3.02. The molecule has 6 nitrogen and oxygen atoms in total. The maximum absolute atomic E-state index is 12.0. The van der Waals surface area contributed by atoms with Gasteiger partial charge < -0.3 is 15.2 Å². The molecule has 0 saturated carbocycles. The molecule has 0 unspecified atom stereocenters. The van der Waals surface area contributed by atoms with E-state index in [4.69, 9.17) is 39.5 Å². The first kappa shape index (κ1) is 18.1. The number of imide groups is 1. The van der Waals surface area contributed by atoms with Gasteiger partial charge in [-0.1, -0.05) is 34.8 Å². The van der Waals surface area contributed by atoms with Crippen LogP contribution in [0.5, 0.6) is 5.75 Å². The van der Waals surface area contributed by atoms with Crippen molar-refractivity contribution in [3.05, 3.63) is 27.2 Å². The van der Waals surface area contributed by atoms with Crippen LogP contribution in [0.1, 0.15) is 13.8 Å². The van der Waals surface area contributed by atoms with Gasteiger partial charge in [-0.05, 0) is 26.0 Å². The van der Waals surface area contributed by atoms with E-state index in [1.54, 1.807) is 13.8 Å². The summed E-state index contributed by atoms with van der Waals surface area (Å²) >= 11 is 17.7. The number of amides is 3. The third-order valence-electron chi connectivity index (χ3n) is 3.22. The molecule has 126 valence electrons. The van der Waals surface area contributed by atoms with Gasteiger partial charge >= 0.3 is 6.03 Å². The van der Waals surface area contributed by atoms with Crippen LogP contribution in [0.15, 0.2) is 12.1 Å². The van der Waals surface area contributed by atoms with Gasteiger partial charge in [0.25, 0.3) is 5.91 Å². The largest absolute Gasteiger partial charge is 0.488 e. The summed E-state index contributed by atoms with van der Waals surface area (Å²) in [6, 6.07) is 2.36. The highest BCUT2D eigenvalue weighted by Crippen LogP contribution is 2.35. The standard InChI is InChI=1S/C14H15Cl3N2O4/c1-14(2)12(21)19(13(22)18-14)5-8(20)6-23-11-9(16)3-7(15)4-10(11)17/h3-4,8,20H,5-6H2,1-2H3,(H,18,22)/t8-/m0/s1. The highest BCUT2D eigenvalue weighted by molar-refractivity contribution is 6.40. The number of carbonyl (C=O) groups is 2. The summed E-state index contributed by atoms with van der Waals surface area (Å²) in [5.74, 6) is -0.238. The van der Waals surface area contributed by atoms with Gasteiger partial charge in [0.15, 0.2) is 5.75 Å². The lowest BCUT2D eigenvalue weighted by atomic mass is 10.1. The molecule has 1 aromatic rings. The normalized spacial score (nSPS) is 18.1. The molecule has 1 saturated heterocycles. The molecule has 0 radical (unpaired) electrons. The Balaban J connectivity index is 1.98. The van der Waals surface area contributed by atoms with Crippen molar-refractivity contribution in [2.24, 2.45) is 0 Å². The molecule has 9 heteroatoms. The monoisotopic (exact) mass is 380 g/mol. The molecule has 1 aromatic carbocycles. The second-order valence-corrected chi connectivity index (χ2v) is 6.89. The Bertz CT molecular complexity index is 628. The molecule has 2 rings (SSSR count). The Morgan fingerprint density at radius 2 is 1.83 bits per heavy atom. The molecule has 3 amide bonds. The van der Waals surface area contributed by atoms with Crippen molar-refractivity contribution in [3.63, 3.8) is 0 Å². The summed E-state index contributed by atoms with van der Waals surface area (Å²) in [5, 5.41) is 13.3. The van der Waals surface area contributed by atoms with E-state index < -0.39 is 23.6 Å². The van der Waals surface area contributed by atoms with Gasteiger partial charge in [0.05, 0.1) is 16.6 Å². The predicted octanol–water partition coefficient (Wildman–Crippen LogP) is 2.72. The first-order valence-corrected chi connectivity index (χ1v) is 7.84. The number of β-amino-alcohol motifs (C(OH)–C–C–N with tert-alkyl or cyclic N) is 1. The molecule has 0 bridgehead atoms. The number of hydrogen-bond donors (Lipinski definition) is 2. The zero-order valence-electron chi connectivity index (χ0n) is 12.4. The molecule has 1 aliphatic rings. The average Bonchev–Trinajstić information content (AvgIpc) is 2.59. The van der Waals surface area contributed by atoms with E-state index in [9.17, 15) is 14.7 Å². The lowest BCUT2D eigenvalue weighted by Crippen LogP contribution is -2.42. The summed E-state index contributed by atoms with van der Waals surface area (Å²) in [5.41, 5.74) is -0.986. The summed E-state index contributed by atoms with van der Waals surface area (Å²) < 4.78 is 5.37. The van der Waals surface area contributed by atoms with Crippen LogP contribution < -0.4 is 10.1 Å². The van der Waals surface area contributed by atoms with E-state index >= 15 is 0 Å². The number of carbonyl (C=O) groups excluding carboxylic acids is 2. The summed E-state index contributed by atoms with van der Waals surface area (Å²) in [6.07, 6.45) is -1.10. The van der Waals surface area contributed by atoms with E-state index in [0.717, 1.165) is 4.90 Å². The molecule has 1 atom stereocenters. The summed E-state index contributed by atoms with van der Waals surface area (Å²) in [6.45, 7) is 2.78. The van der Waals surface area contributed by atoms with Crippen LogP contribution in [0.25, 0.3) is 0 Å². The molecular weight excluding hydrogens is 367 g/mol. The van der Waals surface area contributed by atoms with Crippen LogP contribution in [0, 0.1) is 0 Å². The van der Waals surface area contributed by atoms with E-state index in [0.29, 0.717) is 5.02 Å². The summed E-state index contributed by atoms with van der Waals surface area (Å²) in [7, 11) is 0. The van der Waals surface area contributed by atoms with Crippen molar-refractivity contribution < 1.29 is 19.4 Å². The van der Waals surface area contributed by atoms with Crippen LogP contribution in [0.4, 0.5) is 4.79 Å².